The first-order chi connectivity index (χ1) is 13.1. The summed E-state index contributed by atoms with van der Waals surface area (Å²) in [5.41, 5.74) is 2.76. The first kappa shape index (κ1) is 17.3. The van der Waals surface area contributed by atoms with Crippen molar-refractivity contribution >= 4 is 22.4 Å². The van der Waals surface area contributed by atoms with Crippen molar-refractivity contribution in [3.05, 3.63) is 102 Å². The molecule has 2 aromatic carbocycles. The zero-order chi connectivity index (χ0) is 18.8. The molecule has 0 atom stereocenters. The maximum Gasteiger partial charge on any atom is 0.296 e. The van der Waals surface area contributed by atoms with Crippen molar-refractivity contribution in [2.75, 3.05) is 0 Å². The third kappa shape index (κ3) is 3.57. The van der Waals surface area contributed by atoms with Gasteiger partial charge in [-0.1, -0.05) is 72.9 Å². The molecule has 4 aromatic rings. The van der Waals surface area contributed by atoms with Gasteiger partial charge in [-0.3, -0.25) is 9.59 Å². The Hall–Kier alpha value is -3.12. The van der Waals surface area contributed by atoms with Crippen molar-refractivity contribution in [3.63, 3.8) is 0 Å². The van der Waals surface area contributed by atoms with Gasteiger partial charge in [0.15, 0.2) is 0 Å². The van der Waals surface area contributed by atoms with Gasteiger partial charge in [0, 0.05) is 6.42 Å². The summed E-state index contributed by atoms with van der Waals surface area (Å²) in [6.07, 6.45) is 3.13. The second kappa shape index (κ2) is 7.25. The molecule has 0 unspecified atom stereocenters. The van der Waals surface area contributed by atoms with Crippen molar-refractivity contribution in [1.82, 2.24) is 14.6 Å². The minimum absolute atomic E-state index is 0.253. The van der Waals surface area contributed by atoms with E-state index in [1.165, 1.54) is 21.4 Å². The van der Waals surface area contributed by atoms with Crippen LogP contribution in [0.25, 0.3) is 11.0 Å². The molecular formula is C21H17N3O2S. The lowest BCUT2D eigenvalue weighted by molar-refractivity contribution is 0.811. The zero-order valence-corrected chi connectivity index (χ0v) is 15.6. The van der Waals surface area contributed by atoms with Gasteiger partial charge in [-0.25, -0.2) is 0 Å². The lowest BCUT2D eigenvalue weighted by atomic mass is 10.1. The summed E-state index contributed by atoms with van der Waals surface area (Å²) in [4.78, 5) is 29.4. The fraction of sp³-hybridized carbons (Fsp3) is 0.143. The SMILES string of the molecule is CCc1ccc(/C=c2/sc3nc(=O)c(Cc4ccccc4)nn3c2=O)cc1. The van der Waals surface area contributed by atoms with E-state index in [9.17, 15) is 9.59 Å². The van der Waals surface area contributed by atoms with Crippen molar-refractivity contribution in [2.45, 2.75) is 19.8 Å². The Morgan fingerprint density at radius 3 is 2.44 bits per heavy atom. The Kier molecular flexibility index (Phi) is 4.64. The van der Waals surface area contributed by atoms with E-state index in [1.54, 1.807) is 0 Å². The first-order valence-corrected chi connectivity index (χ1v) is 9.53. The number of fused-ring (bicyclic) bond motifs is 1. The van der Waals surface area contributed by atoms with Crippen LogP contribution in [-0.2, 0) is 12.8 Å². The molecule has 5 nitrogen and oxygen atoms in total. The standard InChI is InChI=1S/C21H17N3O2S/c1-2-14-8-10-16(11-9-14)13-18-20(26)24-21(27-18)22-19(25)17(23-24)12-15-6-4-3-5-7-15/h3-11,13H,2,12H2,1H3/b18-13+. The van der Waals surface area contributed by atoms with E-state index in [0.717, 1.165) is 17.5 Å². The second-order valence-electron chi connectivity index (χ2n) is 6.23. The highest BCUT2D eigenvalue weighted by atomic mass is 32.1. The minimum atomic E-state index is -0.390. The molecule has 0 radical (unpaired) electrons. The van der Waals surface area contributed by atoms with Gasteiger partial charge in [-0.05, 0) is 29.2 Å². The fourth-order valence-corrected chi connectivity index (χ4v) is 3.75. The number of aromatic nitrogens is 3. The molecule has 4 rings (SSSR count). The normalized spacial score (nSPS) is 12.0. The van der Waals surface area contributed by atoms with Gasteiger partial charge in [-0.15, -0.1) is 0 Å². The number of hydrogen-bond acceptors (Lipinski definition) is 5. The number of thiazole rings is 1. The van der Waals surface area contributed by atoms with E-state index in [-0.39, 0.29) is 16.8 Å². The molecule has 0 saturated carbocycles. The summed E-state index contributed by atoms with van der Waals surface area (Å²) >= 11 is 1.18. The molecule has 0 spiro atoms. The van der Waals surface area contributed by atoms with Gasteiger partial charge >= 0.3 is 0 Å². The molecule has 0 N–H and O–H groups in total. The lowest BCUT2D eigenvalue weighted by Crippen LogP contribution is -2.28. The van der Waals surface area contributed by atoms with Crippen LogP contribution in [0, 0.1) is 0 Å². The van der Waals surface area contributed by atoms with Gasteiger partial charge in [0.05, 0.1) is 4.53 Å². The van der Waals surface area contributed by atoms with E-state index in [1.807, 2.05) is 60.7 Å². The molecular weight excluding hydrogens is 358 g/mol. The summed E-state index contributed by atoms with van der Waals surface area (Å²) in [6.45, 7) is 2.10. The Morgan fingerprint density at radius 1 is 1.00 bits per heavy atom. The number of benzene rings is 2. The largest absolute Gasteiger partial charge is 0.296 e. The number of rotatable bonds is 4. The van der Waals surface area contributed by atoms with E-state index < -0.39 is 0 Å². The third-order valence-electron chi connectivity index (χ3n) is 4.35. The molecule has 6 heteroatoms. The van der Waals surface area contributed by atoms with Crippen LogP contribution in [0.15, 0.2) is 64.2 Å². The van der Waals surface area contributed by atoms with Crippen molar-refractivity contribution < 1.29 is 0 Å². The molecule has 0 fully saturated rings. The zero-order valence-electron chi connectivity index (χ0n) is 14.8. The molecule has 2 heterocycles. The van der Waals surface area contributed by atoms with Crippen LogP contribution in [0.4, 0.5) is 0 Å². The van der Waals surface area contributed by atoms with Crippen LogP contribution < -0.4 is 15.7 Å². The minimum Gasteiger partial charge on any atom is -0.266 e. The fourth-order valence-electron chi connectivity index (χ4n) is 2.84. The van der Waals surface area contributed by atoms with E-state index in [0.29, 0.717) is 15.9 Å². The average molecular weight is 375 g/mol. The monoisotopic (exact) mass is 375 g/mol. The van der Waals surface area contributed by atoms with Crippen LogP contribution >= 0.6 is 11.3 Å². The summed E-state index contributed by atoms with van der Waals surface area (Å²) in [5, 5.41) is 4.28. The van der Waals surface area contributed by atoms with Crippen molar-refractivity contribution in [3.8, 4) is 0 Å². The van der Waals surface area contributed by atoms with Gasteiger partial charge in [0.2, 0.25) is 4.96 Å². The summed E-state index contributed by atoms with van der Waals surface area (Å²) in [5.74, 6) is 0. The molecule has 2 aromatic heterocycles. The molecule has 27 heavy (non-hydrogen) atoms. The molecule has 0 aliphatic rings. The molecule has 134 valence electrons. The summed E-state index contributed by atoms with van der Waals surface area (Å²) in [7, 11) is 0. The van der Waals surface area contributed by atoms with Crippen LogP contribution in [0.1, 0.15) is 29.3 Å². The van der Waals surface area contributed by atoms with Gasteiger partial charge in [-0.2, -0.15) is 14.6 Å². The number of hydrogen-bond donors (Lipinski definition) is 0. The van der Waals surface area contributed by atoms with E-state index >= 15 is 0 Å². The van der Waals surface area contributed by atoms with Gasteiger partial charge < -0.3 is 0 Å². The van der Waals surface area contributed by atoms with Gasteiger partial charge in [0.1, 0.15) is 5.69 Å². The van der Waals surface area contributed by atoms with Crippen LogP contribution in [0.5, 0.6) is 0 Å². The van der Waals surface area contributed by atoms with Crippen molar-refractivity contribution in [2.24, 2.45) is 0 Å². The van der Waals surface area contributed by atoms with Crippen molar-refractivity contribution in [1.29, 1.82) is 0 Å². The van der Waals surface area contributed by atoms with Crippen LogP contribution in [-0.4, -0.2) is 14.6 Å². The molecule has 0 amide bonds. The predicted octanol–water partition coefficient (Wildman–Crippen LogP) is 2.21. The van der Waals surface area contributed by atoms with E-state index in [4.69, 9.17) is 0 Å². The summed E-state index contributed by atoms with van der Waals surface area (Å²) in [6, 6.07) is 17.6. The highest BCUT2D eigenvalue weighted by Crippen LogP contribution is 2.07. The first-order valence-electron chi connectivity index (χ1n) is 8.71. The second-order valence-corrected chi connectivity index (χ2v) is 7.24. The third-order valence-corrected chi connectivity index (χ3v) is 5.31. The smallest absolute Gasteiger partial charge is 0.266 e. The maximum atomic E-state index is 12.7. The molecule has 0 aliphatic heterocycles. The highest BCUT2D eigenvalue weighted by Gasteiger charge is 2.11. The number of aryl methyl sites for hydroxylation is 1. The van der Waals surface area contributed by atoms with Crippen LogP contribution in [0.2, 0.25) is 0 Å². The Bertz CT molecular complexity index is 1260. The topological polar surface area (TPSA) is 64.3 Å². The van der Waals surface area contributed by atoms with Crippen LogP contribution in [0.3, 0.4) is 0 Å². The highest BCUT2D eigenvalue weighted by molar-refractivity contribution is 7.15. The maximum absolute atomic E-state index is 12.7. The average Bonchev–Trinajstić information content (AvgIpc) is 2.98. The van der Waals surface area contributed by atoms with E-state index in [2.05, 4.69) is 17.0 Å². The molecule has 0 saturated heterocycles. The molecule has 0 bridgehead atoms. The Morgan fingerprint density at radius 2 is 1.74 bits per heavy atom. The Balaban J connectivity index is 1.78. The predicted molar refractivity (Wildman–Crippen MR) is 107 cm³/mol. The number of nitrogens with zero attached hydrogens (tertiary/aromatic N) is 3. The summed E-state index contributed by atoms with van der Waals surface area (Å²) < 4.78 is 1.74. The Labute approximate surface area is 159 Å². The van der Waals surface area contributed by atoms with Gasteiger partial charge in [0.25, 0.3) is 11.1 Å². The molecule has 0 aliphatic carbocycles. The lowest BCUT2D eigenvalue weighted by Gasteiger charge is -1.99. The quantitative estimate of drug-likeness (QED) is 0.549.